The lowest BCUT2D eigenvalue weighted by Crippen LogP contribution is -2.67. The van der Waals surface area contributed by atoms with Crippen molar-refractivity contribution in [2.24, 2.45) is 5.92 Å². The molecule has 2 heterocycles. The van der Waals surface area contributed by atoms with Crippen LogP contribution in [0.4, 0.5) is 0 Å². The van der Waals surface area contributed by atoms with Crippen molar-refractivity contribution in [3.63, 3.8) is 0 Å². The fraction of sp³-hybridized carbons (Fsp3) is 0.462. The highest BCUT2D eigenvalue weighted by Crippen LogP contribution is 2.46. The van der Waals surface area contributed by atoms with Gasteiger partial charge in [-0.1, -0.05) is 22.9 Å². The molecule has 0 saturated carbocycles. The van der Waals surface area contributed by atoms with Crippen LogP contribution in [0.3, 0.4) is 0 Å². The standard InChI is InChI=1S/C13H15BrN2OS/c1-6-4-8(14)5-9-10-7(2)13(3,17-11(6)9)16-12(18)15-10/h4-5,7,10H,1-3H3,(H2,15,16,18). The Bertz CT molecular complexity index is 548. The molecule has 18 heavy (non-hydrogen) atoms. The van der Waals surface area contributed by atoms with E-state index in [0.29, 0.717) is 11.0 Å². The number of halogens is 1. The van der Waals surface area contributed by atoms with Crippen LogP contribution in [-0.4, -0.2) is 10.8 Å². The molecule has 0 aliphatic carbocycles. The number of aryl methyl sites for hydroxylation is 1. The number of hydrogen-bond donors (Lipinski definition) is 2. The molecule has 1 aromatic carbocycles. The van der Waals surface area contributed by atoms with Crippen molar-refractivity contribution in [1.29, 1.82) is 0 Å². The van der Waals surface area contributed by atoms with Crippen molar-refractivity contribution >= 4 is 33.3 Å². The van der Waals surface area contributed by atoms with Gasteiger partial charge in [0.05, 0.1) is 6.04 Å². The van der Waals surface area contributed by atoms with Gasteiger partial charge in [0.25, 0.3) is 0 Å². The average Bonchev–Trinajstić information content (AvgIpc) is 2.25. The molecule has 1 saturated heterocycles. The van der Waals surface area contributed by atoms with E-state index in [4.69, 9.17) is 17.0 Å². The molecule has 0 aromatic heterocycles. The third-order valence-corrected chi connectivity index (χ3v) is 4.61. The van der Waals surface area contributed by atoms with Gasteiger partial charge in [0, 0.05) is 16.0 Å². The highest BCUT2D eigenvalue weighted by atomic mass is 79.9. The van der Waals surface area contributed by atoms with E-state index >= 15 is 0 Å². The smallest absolute Gasteiger partial charge is 0.184 e. The second-order valence-corrected chi connectivity index (χ2v) is 6.54. The quantitative estimate of drug-likeness (QED) is 0.718. The van der Waals surface area contributed by atoms with E-state index in [1.807, 2.05) is 0 Å². The van der Waals surface area contributed by atoms with Crippen LogP contribution in [0.2, 0.25) is 0 Å². The molecule has 0 spiro atoms. The van der Waals surface area contributed by atoms with Crippen molar-refractivity contribution in [1.82, 2.24) is 10.6 Å². The first-order valence-corrected chi connectivity index (χ1v) is 7.18. The molecule has 2 bridgehead atoms. The summed E-state index contributed by atoms with van der Waals surface area (Å²) in [7, 11) is 0. The summed E-state index contributed by atoms with van der Waals surface area (Å²) in [5.74, 6) is 1.26. The Morgan fingerprint density at radius 2 is 2.17 bits per heavy atom. The molecule has 0 amide bonds. The van der Waals surface area contributed by atoms with Gasteiger partial charge in [-0.05, 0) is 43.8 Å². The maximum absolute atomic E-state index is 6.20. The molecule has 96 valence electrons. The minimum Gasteiger partial charge on any atom is -0.467 e. The van der Waals surface area contributed by atoms with E-state index in [0.717, 1.165) is 15.8 Å². The maximum Gasteiger partial charge on any atom is 0.184 e. The Kier molecular flexibility index (Phi) is 2.61. The Morgan fingerprint density at radius 1 is 1.44 bits per heavy atom. The van der Waals surface area contributed by atoms with E-state index < -0.39 is 5.72 Å². The second kappa shape index (κ2) is 3.84. The largest absolute Gasteiger partial charge is 0.467 e. The third-order valence-electron chi connectivity index (χ3n) is 3.93. The number of benzene rings is 1. The first-order valence-electron chi connectivity index (χ1n) is 5.98. The zero-order valence-electron chi connectivity index (χ0n) is 10.5. The number of nitrogens with one attached hydrogen (secondary N) is 2. The number of fused-ring (bicyclic) bond motifs is 4. The summed E-state index contributed by atoms with van der Waals surface area (Å²) in [6.07, 6.45) is 0. The lowest BCUT2D eigenvalue weighted by Gasteiger charge is -2.50. The van der Waals surface area contributed by atoms with Crippen LogP contribution in [0.1, 0.15) is 31.0 Å². The van der Waals surface area contributed by atoms with Gasteiger partial charge in [0.15, 0.2) is 10.8 Å². The van der Waals surface area contributed by atoms with Gasteiger partial charge in [-0.25, -0.2) is 0 Å². The first-order chi connectivity index (χ1) is 8.40. The van der Waals surface area contributed by atoms with E-state index in [-0.39, 0.29) is 6.04 Å². The van der Waals surface area contributed by atoms with Crippen molar-refractivity contribution in [3.05, 3.63) is 27.7 Å². The summed E-state index contributed by atoms with van der Waals surface area (Å²) in [5.41, 5.74) is 1.88. The number of ether oxygens (including phenoxy) is 1. The van der Waals surface area contributed by atoms with Crippen molar-refractivity contribution in [2.45, 2.75) is 32.5 Å². The van der Waals surface area contributed by atoms with Gasteiger partial charge in [0.1, 0.15) is 5.75 Å². The number of thiocarbonyl (C=S) groups is 1. The molecular formula is C13H15BrN2OS. The summed E-state index contributed by atoms with van der Waals surface area (Å²) in [6.45, 7) is 6.30. The van der Waals surface area contributed by atoms with E-state index in [9.17, 15) is 0 Å². The fourth-order valence-electron chi connectivity index (χ4n) is 2.76. The molecule has 2 aliphatic heterocycles. The monoisotopic (exact) mass is 326 g/mol. The molecule has 3 unspecified atom stereocenters. The van der Waals surface area contributed by atoms with E-state index in [1.165, 1.54) is 5.56 Å². The second-order valence-electron chi connectivity index (χ2n) is 5.21. The Morgan fingerprint density at radius 3 is 2.89 bits per heavy atom. The Hall–Kier alpha value is -0.810. The molecule has 1 fully saturated rings. The zero-order chi connectivity index (χ0) is 13.1. The van der Waals surface area contributed by atoms with Crippen LogP contribution in [0.15, 0.2) is 16.6 Å². The molecule has 3 rings (SSSR count). The van der Waals surface area contributed by atoms with Crippen LogP contribution in [-0.2, 0) is 0 Å². The molecule has 3 atom stereocenters. The number of hydrogen-bond acceptors (Lipinski definition) is 2. The summed E-state index contributed by atoms with van der Waals surface area (Å²) in [6, 6.07) is 4.39. The van der Waals surface area contributed by atoms with Gasteiger partial charge < -0.3 is 15.4 Å². The predicted molar refractivity (Wildman–Crippen MR) is 78.7 cm³/mol. The van der Waals surface area contributed by atoms with Crippen molar-refractivity contribution in [2.75, 3.05) is 0 Å². The molecular weight excluding hydrogens is 312 g/mol. The molecule has 2 aliphatic rings. The van der Waals surface area contributed by atoms with Crippen LogP contribution >= 0.6 is 28.1 Å². The summed E-state index contributed by atoms with van der Waals surface area (Å²) in [5, 5.41) is 7.25. The Labute approximate surface area is 120 Å². The minimum atomic E-state index is -0.432. The van der Waals surface area contributed by atoms with Gasteiger partial charge in [0.2, 0.25) is 0 Å². The fourth-order valence-corrected chi connectivity index (χ4v) is 3.68. The maximum atomic E-state index is 6.20. The van der Waals surface area contributed by atoms with E-state index in [1.54, 1.807) is 0 Å². The molecule has 5 heteroatoms. The van der Waals surface area contributed by atoms with Crippen molar-refractivity contribution < 1.29 is 4.74 Å². The number of rotatable bonds is 0. The molecule has 1 aromatic rings. The Balaban J connectivity index is 2.20. The van der Waals surface area contributed by atoms with Gasteiger partial charge >= 0.3 is 0 Å². The summed E-state index contributed by atoms with van der Waals surface area (Å²) < 4.78 is 7.27. The average molecular weight is 327 g/mol. The normalized spacial score (nSPS) is 33.0. The van der Waals surface area contributed by atoms with E-state index in [2.05, 4.69) is 59.5 Å². The lowest BCUT2D eigenvalue weighted by molar-refractivity contribution is -0.0269. The molecule has 2 N–H and O–H groups in total. The van der Waals surface area contributed by atoms with Crippen LogP contribution in [0.25, 0.3) is 0 Å². The highest BCUT2D eigenvalue weighted by molar-refractivity contribution is 9.10. The first kappa shape index (κ1) is 12.2. The zero-order valence-corrected chi connectivity index (χ0v) is 12.9. The lowest BCUT2D eigenvalue weighted by atomic mass is 9.81. The minimum absolute atomic E-state index is 0.198. The third kappa shape index (κ3) is 1.64. The molecule has 3 nitrogen and oxygen atoms in total. The predicted octanol–water partition coefficient (Wildman–Crippen LogP) is 3.02. The van der Waals surface area contributed by atoms with Gasteiger partial charge in [-0.3, -0.25) is 0 Å². The highest BCUT2D eigenvalue weighted by Gasteiger charge is 2.48. The SMILES string of the molecule is Cc1cc(Br)cc2c1OC1(C)NC(=S)NC2C1C. The summed E-state index contributed by atoms with van der Waals surface area (Å²) in [4.78, 5) is 0. The van der Waals surface area contributed by atoms with Crippen LogP contribution < -0.4 is 15.4 Å². The van der Waals surface area contributed by atoms with Crippen LogP contribution in [0.5, 0.6) is 5.75 Å². The summed E-state index contributed by atoms with van der Waals surface area (Å²) >= 11 is 8.81. The molecule has 0 radical (unpaired) electrons. The van der Waals surface area contributed by atoms with Gasteiger partial charge in [-0.2, -0.15) is 0 Å². The topological polar surface area (TPSA) is 33.3 Å². The van der Waals surface area contributed by atoms with Gasteiger partial charge in [-0.15, -0.1) is 0 Å². The van der Waals surface area contributed by atoms with Crippen LogP contribution in [0, 0.1) is 12.8 Å². The van der Waals surface area contributed by atoms with Crippen molar-refractivity contribution in [3.8, 4) is 5.75 Å².